The van der Waals surface area contributed by atoms with Crippen LogP contribution in [0.1, 0.15) is 5.56 Å². The molecule has 0 atom stereocenters. The van der Waals surface area contributed by atoms with Gasteiger partial charge in [0.2, 0.25) is 5.91 Å². The van der Waals surface area contributed by atoms with Crippen LogP contribution >= 0.6 is 0 Å². The van der Waals surface area contributed by atoms with Crippen LogP contribution in [0.2, 0.25) is 0 Å². The Morgan fingerprint density at radius 2 is 2.16 bits per heavy atom. The lowest BCUT2D eigenvalue weighted by atomic mass is 10.2. The van der Waals surface area contributed by atoms with E-state index in [0.717, 1.165) is 11.3 Å². The zero-order chi connectivity index (χ0) is 13.5. The van der Waals surface area contributed by atoms with Crippen LogP contribution in [-0.2, 0) is 4.79 Å². The maximum atomic E-state index is 11.7. The lowest BCUT2D eigenvalue weighted by molar-refractivity contribution is -0.111. The number of anilines is 1. The van der Waals surface area contributed by atoms with Gasteiger partial charge in [0, 0.05) is 12.3 Å². The molecule has 2 rings (SSSR count). The molecule has 19 heavy (non-hydrogen) atoms. The van der Waals surface area contributed by atoms with Crippen LogP contribution in [-0.4, -0.2) is 18.0 Å². The molecule has 1 amide bonds. The average molecular weight is 254 g/mol. The van der Waals surface area contributed by atoms with Gasteiger partial charge >= 0.3 is 0 Å². The highest BCUT2D eigenvalue weighted by Gasteiger charge is 1.98. The number of aromatic nitrogens is 1. The summed E-state index contributed by atoms with van der Waals surface area (Å²) in [5.74, 6) is 1.07. The van der Waals surface area contributed by atoms with E-state index in [0.29, 0.717) is 5.82 Å². The van der Waals surface area contributed by atoms with E-state index < -0.39 is 0 Å². The van der Waals surface area contributed by atoms with Crippen LogP contribution < -0.4 is 10.1 Å². The van der Waals surface area contributed by atoms with Crippen molar-refractivity contribution in [2.75, 3.05) is 12.4 Å². The third-order valence-corrected chi connectivity index (χ3v) is 2.44. The van der Waals surface area contributed by atoms with E-state index in [9.17, 15) is 4.79 Å². The summed E-state index contributed by atoms with van der Waals surface area (Å²) in [5, 5.41) is 2.67. The molecule has 2 aromatic rings. The van der Waals surface area contributed by atoms with Crippen molar-refractivity contribution < 1.29 is 9.53 Å². The summed E-state index contributed by atoms with van der Waals surface area (Å²) in [6, 6.07) is 12.8. The Labute approximate surface area is 111 Å². The van der Waals surface area contributed by atoms with Crippen molar-refractivity contribution >= 4 is 17.8 Å². The first-order valence-electron chi connectivity index (χ1n) is 5.82. The molecular formula is C15H14N2O2. The summed E-state index contributed by atoms with van der Waals surface area (Å²) in [6.45, 7) is 0. The van der Waals surface area contributed by atoms with Gasteiger partial charge in [0.05, 0.1) is 7.11 Å². The number of nitrogens with zero attached hydrogens (tertiary/aromatic N) is 1. The van der Waals surface area contributed by atoms with E-state index >= 15 is 0 Å². The van der Waals surface area contributed by atoms with Gasteiger partial charge in [-0.15, -0.1) is 0 Å². The van der Waals surface area contributed by atoms with Gasteiger partial charge in [0.25, 0.3) is 0 Å². The van der Waals surface area contributed by atoms with Crippen LogP contribution in [0.25, 0.3) is 6.08 Å². The van der Waals surface area contributed by atoms with Crippen LogP contribution in [0.4, 0.5) is 5.82 Å². The first kappa shape index (κ1) is 12.8. The van der Waals surface area contributed by atoms with E-state index in [4.69, 9.17) is 4.74 Å². The second-order valence-corrected chi connectivity index (χ2v) is 3.81. The molecule has 0 aliphatic heterocycles. The number of amides is 1. The standard InChI is InChI=1S/C15H14N2O2/c1-19-13-6-4-5-12(11-13)8-9-15(18)17-14-7-2-3-10-16-14/h2-11H,1H3,(H,16,17,18)/b9-8+. The third-order valence-electron chi connectivity index (χ3n) is 2.44. The van der Waals surface area contributed by atoms with Crippen LogP contribution in [0.5, 0.6) is 5.75 Å². The van der Waals surface area contributed by atoms with Crippen molar-refractivity contribution in [3.63, 3.8) is 0 Å². The summed E-state index contributed by atoms with van der Waals surface area (Å²) in [6.07, 6.45) is 4.81. The summed E-state index contributed by atoms with van der Waals surface area (Å²) < 4.78 is 5.11. The normalized spacial score (nSPS) is 10.4. The Morgan fingerprint density at radius 3 is 2.89 bits per heavy atom. The lowest BCUT2D eigenvalue weighted by Gasteiger charge is -2.01. The van der Waals surface area contributed by atoms with Crippen molar-refractivity contribution in [3.8, 4) is 5.75 Å². The fourth-order valence-electron chi connectivity index (χ4n) is 1.52. The van der Waals surface area contributed by atoms with Gasteiger partial charge in [0.15, 0.2) is 0 Å². The molecule has 0 aliphatic rings. The van der Waals surface area contributed by atoms with E-state index in [1.54, 1.807) is 31.5 Å². The zero-order valence-electron chi connectivity index (χ0n) is 10.5. The van der Waals surface area contributed by atoms with Gasteiger partial charge in [0.1, 0.15) is 11.6 Å². The Balaban J connectivity index is 2.00. The molecule has 0 saturated carbocycles. The number of carbonyl (C=O) groups excluding carboxylic acids is 1. The minimum absolute atomic E-state index is 0.221. The van der Waals surface area contributed by atoms with Gasteiger partial charge in [-0.1, -0.05) is 18.2 Å². The summed E-state index contributed by atoms with van der Waals surface area (Å²) in [5.41, 5.74) is 0.899. The van der Waals surface area contributed by atoms with Crippen LogP contribution in [0, 0.1) is 0 Å². The van der Waals surface area contributed by atoms with Crippen molar-refractivity contribution in [1.82, 2.24) is 4.98 Å². The fourth-order valence-corrected chi connectivity index (χ4v) is 1.52. The van der Waals surface area contributed by atoms with Gasteiger partial charge in [-0.3, -0.25) is 4.79 Å². The molecule has 1 aromatic carbocycles. The van der Waals surface area contributed by atoms with Gasteiger partial charge < -0.3 is 10.1 Å². The van der Waals surface area contributed by atoms with Gasteiger partial charge in [-0.05, 0) is 35.9 Å². The van der Waals surface area contributed by atoms with E-state index in [1.165, 1.54) is 6.08 Å². The van der Waals surface area contributed by atoms with Gasteiger partial charge in [-0.25, -0.2) is 4.98 Å². The molecule has 1 aromatic heterocycles. The molecule has 0 aliphatic carbocycles. The van der Waals surface area contributed by atoms with Crippen molar-refractivity contribution in [3.05, 3.63) is 60.3 Å². The third kappa shape index (κ3) is 3.96. The number of rotatable bonds is 4. The molecule has 1 N–H and O–H groups in total. The molecule has 1 heterocycles. The van der Waals surface area contributed by atoms with Crippen molar-refractivity contribution in [1.29, 1.82) is 0 Å². The smallest absolute Gasteiger partial charge is 0.249 e. The number of benzene rings is 1. The monoisotopic (exact) mass is 254 g/mol. The number of hydrogen-bond donors (Lipinski definition) is 1. The molecular weight excluding hydrogens is 240 g/mol. The topological polar surface area (TPSA) is 51.2 Å². The minimum atomic E-state index is -0.221. The molecule has 4 heteroatoms. The first-order chi connectivity index (χ1) is 9.28. The molecule has 0 spiro atoms. The van der Waals surface area contributed by atoms with E-state index in [2.05, 4.69) is 10.3 Å². The highest BCUT2D eigenvalue weighted by Crippen LogP contribution is 2.13. The molecule has 4 nitrogen and oxygen atoms in total. The first-order valence-corrected chi connectivity index (χ1v) is 5.82. The number of hydrogen-bond acceptors (Lipinski definition) is 3. The van der Waals surface area contributed by atoms with E-state index in [-0.39, 0.29) is 5.91 Å². The Kier molecular flexibility index (Phi) is 4.29. The largest absolute Gasteiger partial charge is 0.497 e. The van der Waals surface area contributed by atoms with Crippen LogP contribution in [0.15, 0.2) is 54.7 Å². The maximum absolute atomic E-state index is 11.7. The van der Waals surface area contributed by atoms with Gasteiger partial charge in [-0.2, -0.15) is 0 Å². The minimum Gasteiger partial charge on any atom is -0.497 e. The molecule has 0 fully saturated rings. The van der Waals surface area contributed by atoms with Crippen LogP contribution in [0.3, 0.4) is 0 Å². The van der Waals surface area contributed by atoms with E-state index in [1.807, 2.05) is 30.3 Å². The molecule has 96 valence electrons. The average Bonchev–Trinajstić information content (AvgIpc) is 2.46. The molecule has 0 radical (unpaired) electrons. The highest BCUT2D eigenvalue weighted by molar-refractivity contribution is 6.01. The SMILES string of the molecule is COc1cccc(/C=C/C(=O)Nc2ccccn2)c1. The molecule has 0 saturated heterocycles. The highest BCUT2D eigenvalue weighted by atomic mass is 16.5. The summed E-state index contributed by atoms with van der Waals surface area (Å²) in [7, 11) is 1.61. The lowest BCUT2D eigenvalue weighted by Crippen LogP contribution is -2.08. The second-order valence-electron chi connectivity index (χ2n) is 3.81. The fraction of sp³-hybridized carbons (Fsp3) is 0.0667. The van der Waals surface area contributed by atoms with Crippen molar-refractivity contribution in [2.45, 2.75) is 0 Å². The number of methoxy groups -OCH3 is 1. The molecule has 0 unspecified atom stereocenters. The predicted octanol–water partition coefficient (Wildman–Crippen LogP) is 2.74. The Morgan fingerprint density at radius 1 is 1.26 bits per heavy atom. The maximum Gasteiger partial charge on any atom is 0.249 e. The Bertz CT molecular complexity index is 580. The second kappa shape index (κ2) is 6.35. The number of pyridine rings is 1. The quantitative estimate of drug-likeness (QED) is 0.853. The Hall–Kier alpha value is -2.62. The number of ether oxygens (including phenoxy) is 1. The molecule has 0 bridgehead atoms. The summed E-state index contributed by atoms with van der Waals surface area (Å²) >= 11 is 0. The van der Waals surface area contributed by atoms with Crippen molar-refractivity contribution in [2.24, 2.45) is 0 Å². The number of carbonyl (C=O) groups is 1. The zero-order valence-corrected chi connectivity index (χ0v) is 10.5. The predicted molar refractivity (Wildman–Crippen MR) is 74.9 cm³/mol. The summed E-state index contributed by atoms with van der Waals surface area (Å²) in [4.78, 5) is 15.7. The number of nitrogens with one attached hydrogen (secondary N) is 1.